The predicted octanol–water partition coefficient (Wildman–Crippen LogP) is 7.66. The summed E-state index contributed by atoms with van der Waals surface area (Å²) in [7, 11) is 0. The quantitative estimate of drug-likeness (QED) is 0.126. The Balaban J connectivity index is 0.00000565. The van der Waals surface area contributed by atoms with Gasteiger partial charge in [-0.1, -0.05) is 39.8 Å². The van der Waals surface area contributed by atoms with Crippen LogP contribution in [-0.4, -0.2) is 77.1 Å². The van der Waals surface area contributed by atoms with Crippen molar-refractivity contribution in [2.24, 2.45) is 21.8 Å². The van der Waals surface area contributed by atoms with Crippen molar-refractivity contribution in [3.63, 3.8) is 0 Å². The number of hydrogen-bond donors (Lipinski definition) is 2. The summed E-state index contributed by atoms with van der Waals surface area (Å²) < 4.78 is 83.6. The van der Waals surface area contributed by atoms with E-state index in [2.05, 4.69) is 27.0 Å². The second-order valence-corrected chi connectivity index (χ2v) is 10.8. The SMILES string of the molecule is C=N/C(CC)=C(\C=C\C(O)/N=C1\C[C@@H](/C(=C(F)/C=C\C(C)F)C(C)F)C(C)CN(CC(F)(F)F)C1=O)CC(=O)Nc1ccccn1.CC. The Morgan fingerprint density at radius 1 is 1.21 bits per heavy atom. The molecule has 0 bridgehead atoms. The van der Waals surface area contributed by atoms with Gasteiger partial charge in [0.25, 0.3) is 5.91 Å². The number of anilines is 1. The number of carbonyl (C=O) groups excluding carboxylic acids is 2. The molecule has 14 heteroatoms. The molecule has 4 unspecified atom stereocenters. The van der Waals surface area contributed by atoms with Gasteiger partial charge in [-0.3, -0.25) is 14.6 Å². The minimum atomic E-state index is -4.79. The van der Waals surface area contributed by atoms with E-state index in [1.54, 1.807) is 25.1 Å². The van der Waals surface area contributed by atoms with Gasteiger partial charge in [0.15, 0.2) is 6.23 Å². The van der Waals surface area contributed by atoms with E-state index in [0.717, 1.165) is 32.1 Å². The molecule has 8 nitrogen and oxygen atoms in total. The summed E-state index contributed by atoms with van der Waals surface area (Å²) in [5, 5.41) is 13.4. The van der Waals surface area contributed by atoms with E-state index in [9.17, 15) is 36.6 Å². The minimum Gasteiger partial charge on any atom is -0.368 e. The molecule has 5 atom stereocenters. The lowest BCUT2D eigenvalue weighted by Gasteiger charge is -2.28. The molecule has 1 aromatic heterocycles. The van der Waals surface area contributed by atoms with Crippen molar-refractivity contribution < 1.29 is 41.0 Å². The summed E-state index contributed by atoms with van der Waals surface area (Å²) in [6.07, 6.45) is -4.94. The van der Waals surface area contributed by atoms with Gasteiger partial charge >= 0.3 is 6.18 Å². The van der Waals surface area contributed by atoms with Crippen LogP contribution in [-0.2, 0) is 9.59 Å². The topological polar surface area (TPSA) is 107 Å². The largest absolute Gasteiger partial charge is 0.406 e. The van der Waals surface area contributed by atoms with Gasteiger partial charge in [-0.15, -0.1) is 0 Å². The van der Waals surface area contributed by atoms with Gasteiger partial charge in [0.2, 0.25) is 5.91 Å². The molecule has 48 heavy (non-hydrogen) atoms. The van der Waals surface area contributed by atoms with Crippen LogP contribution in [0.5, 0.6) is 0 Å². The van der Waals surface area contributed by atoms with Crippen LogP contribution in [0.3, 0.4) is 0 Å². The summed E-state index contributed by atoms with van der Waals surface area (Å²) in [6, 6.07) is 4.93. The van der Waals surface area contributed by atoms with Gasteiger partial charge in [0.05, 0.1) is 6.42 Å². The summed E-state index contributed by atoms with van der Waals surface area (Å²) in [6.45, 7) is 10.7. The Hall–Kier alpha value is -4.07. The van der Waals surface area contributed by atoms with E-state index < -0.39 is 85.0 Å². The second kappa shape index (κ2) is 20.3. The molecule has 2 rings (SSSR count). The molecule has 1 aliphatic rings. The molecule has 0 spiro atoms. The number of aliphatic hydroxyl groups excluding tert-OH is 1. The van der Waals surface area contributed by atoms with Gasteiger partial charge in [0.1, 0.15) is 36.2 Å². The maximum absolute atomic E-state index is 15.2. The van der Waals surface area contributed by atoms with Crippen molar-refractivity contribution in [1.82, 2.24) is 9.88 Å². The average Bonchev–Trinajstić information content (AvgIpc) is 3.11. The van der Waals surface area contributed by atoms with Gasteiger partial charge in [-0.2, -0.15) is 13.2 Å². The summed E-state index contributed by atoms with van der Waals surface area (Å²) in [5.41, 5.74) is -0.269. The van der Waals surface area contributed by atoms with Gasteiger partial charge in [-0.05, 0) is 74.8 Å². The minimum absolute atomic E-state index is 0.219. The van der Waals surface area contributed by atoms with E-state index >= 15 is 4.39 Å². The van der Waals surface area contributed by atoms with Crippen molar-refractivity contribution in [3.05, 3.63) is 71.4 Å². The third-order valence-corrected chi connectivity index (χ3v) is 7.06. The van der Waals surface area contributed by atoms with Crippen molar-refractivity contribution in [1.29, 1.82) is 0 Å². The number of rotatable bonds is 13. The van der Waals surface area contributed by atoms with Crippen molar-refractivity contribution in [2.45, 2.75) is 85.6 Å². The fourth-order valence-electron chi connectivity index (χ4n) is 4.99. The first kappa shape index (κ1) is 42.0. The van der Waals surface area contributed by atoms with Crippen LogP contribution in [0, 0.1) is 11.8 Å². The highest BCUT2D eigenvalue weighted by molar-refractivity contribution is 6.39. The summed E-state index contributed by atoms with van der Waals surface area (Å²) >= 11 is 0. The van der Waals surface area contributed by atoms with Crippen LogP contribution in [0.2, 0.25) is 0 Å². The predicted molar refractivity (Wildman–Crippen MR) is 177 cm³/mol. The molecule has 1 fully saturated rings. The van der Waals surface area contributed by atoms with Gasteiger partial charge in [0, 0.05) is 30.4 Å². The number of allylic oxidation sites excluding steroid dienone is 6. The molecule has 1 aromatic rings. The molecule has 1 aliphatic heterocycles. The number of amides is 2. The lowest BCUT2D eigenvalue weighted by Crippen LogP contribution is -2.43. The normalized spacial score (nSPS) is 21.1. The van der Waals surface area contributed by atoms with E-state index in [1.807, 2.05) is 13.8 Å². The first-order chi connectivity index (χ1) is 22.6. The fourth-order valence-corrected chi connectivity index (χ4v) is 4.99. The van der Waals surface area contributed by atoms with E-state index in [1.165, 1.54) is 19.2 Å². The Morgan fingerprint density at radius 2 is 1.88 bits per heavy atom. The number of halogens is 6. The first-order valence-corrected chi connectivity index (χ1v) is 15.6. The Bertz CT molecular complexity index is 1370. The molecule has 0 aromatic carbocycles. The maximum Gasteiger partial charge on any atom is 0.406 e. The van der Waals surface area contributed by atoms with Crippen molar-refractivity contribution >= 4 is 30.1 Å². The highest BCUT2D eigenvalue weighted by Crippen LogP contribution is 2.36. The zero-order valence-corrected chi connectivity index (χ0v) is 28.1. The van der Waals surface area contributed by atoms with Crippen LogP contribution in [0.4, 0.5) is 32.2 Å². The number of likely N-dealkylation sites (tertiary alicyclic amines) is 1. The molecule has 2 N–H and O–H groups in total. The van der Waals surface area contributed by atoms with Crippen LogP contribution in [0.15, 0.2) is 81.4 Å². The number of nitrogens with one attached hydrogen (secondary N) is 1. The monoisotopic (exact) mass is 685 g/mol. The molecule has 1 saturated heterocycles. The molecular weight excluding hydrogens is 640 g/mol. The highest BCUT2D eigenvalue weighted by Gasteiger charge is 2.41. The Morgan fingerprint density at radius 3 is 2.40 bits per heavy atom. The summed E-state index contributed by atoms with van der Waals surface area (Å²) in [5.74, 6) is -4.47. The third kappa shape index (κ3) is 14.0. The number of aliphatic imine (C=N–C) groups is 2. The van der Waals surface area contributed by atoms with E-state index in [0.29, 0.717) is 28.4 Å². The number of carbonyl (C=O) groups is 2. The van der Waals surface area contributed by atoms with Crippen molar-refractivity contribution in [2.75, 3.05) is 18.4 Å². The molecular formula is C34H45F6N5O3. The van der Waals surface area contributed by atoms with Crippen LogP contribution >= 0.6 is 0 Å². The number of pyridine rings is 1. The van der Waals surface area contributed by atoms with Crippen LogP contribution < -0.4 is 5.32 Å². The fraction of sp³-hybridized carbons (Fsp3) is 0.500. The standard InChI is InChI=1S/C32H39F6N5O3.C2H6/c1-6-25(39-5)22(15-29(45)42-27-9-7-8-14-40-27)11-13-28(44)41-26-16-23(30(21(4)34)24(35)12-10-20(3)33)19(2)17-43(31(26)46)18-32(36,37)38;1-2/h7-14,19-21,23,28,44H,5-6,15-18H2,1-4H3,(H,40,42,45);1-2H3/b12-10-,13-11+,25-22+,30-24-,41-26+;/t19?,20?,21?,23-,28?;/m1./s1. The molecule has 0 saturated carbocycles. The number of aromatic nitrogens is 1. The zero-order chi connectivity index (χ0) is 36.6. The number of hydrogen-bond acceptors (Lipinski definition) is 6. The smallest absolute Gasteiger partial charge is 0.368 e. The third-order valence-electron chi connectivity index (χ3n) is 7.06. The molecule has 2 amide bonds. The molecule has 2 heterocycles. The first-order valence-electron chi connectivity index (χ1n) is 15.6. The molecule has 0 aliphatic carbocycles. The van der Waals surface area contributed by atoms with Gasteiger partial charge in [-0.25, -0.2) is 23.1 Å². The number of alkyl halides is 5. The van der Waals surface area contributed by atoms with Gasteiger partial charge < -0.3 is 15.3 Å². The maximum atomic E-state index is 15.2. The Kier molecular flexibility index (Phi) is 17.8. The average molecular weight is 686 g/mol. The van der Waals surface area contributed by atoms with E-state index in [4.69, 9.17) is 0 Å². The zero-order valence-electron chi connectivity index (χ0n) is 28.1. The Labute approximate surface area is 278 Å². The highest BCUT2D eigenvalue weighted by atomic mass is 19.4. The molecule has 0 radical (unpaired) electrons. The number of nitrogens with zero attached hydrogens (tertiary/aromatic N) is 4. The molecule has 266 valence electrons. The lowest BCUT2D eigenvalue weighted by molar-refractivity contribution is -0.158. The van der Waals surface area contributed by atoms with Crippen molar-refractivity contribution in [3.8, 4) is 0 Å². The number of aliphatic hydroxyl groups is 1. The lowest BCUT2D eigenvalue weighted by atomic mass is 9.81. The second-order valence-electron chi connectivity index (χ2n) is 10.8. The van der Waals surface area contributed by atoms with E-state index in [-0.39, 0.29) is 6.42 Å². The van der Waals surface area contributed by atoms with Crippen LogP contribution in [0.1, 0.15) is 60.8 Å². The summed E-state index contributed by atoms with van der Waals surface area (Å²) in [4.78, 5) is 38.3. The van der Waals surface area contributed by atoms with Crippen LogP contribution in [0.25, 0.3) is 0 Å².